The summed E-state index contributed by atoms with van der Waals surface area (Å²) < 4.78 is 0. The molecule has 0 aliphatic carbocycles. The van der Waals surface area contributed by atoms with Crippen molar-refractivity contribution in [2.45, 2.75) is 5.75 Å². The fourth-order valence-electron chi connectivity index (χ4n) is 2.11. The van der Waals surface area contributed by atoms with Crippen molar-refractivity contribution >= 4 is 45.7 Å². The molecule has 0 unspecified atom stereocenters. The lowest BCUT2D eigenvalue weighted by Gasteiger charge is -2.03. The largest absolute Gasteiger partial charge is 0.301 e. The number of carbonyl (C=O) groups is 1. The van der Waals surface area contributed by atoms with Gasteiger partial charge in [-0.25, -0.2) is 4.98 Å². The Kier molecular flexibility index (Phi) is 5.91. The third-order valence-corrected chi connectivity index (χ3v) is 5.34. The van der Waals surface area contributed by atoms with Crippen molar-refractivity contribution in [2.24, 2.45) is 0 Å². The SMILES string of the molecule is O=C(CSCc1ccccc1)Nc1nc(-c2ccccc2Cl)cs1. The quantitative estimate of drug-likeness (QED) is 0.633. The minimum Gasteiger partial charge on any atom is -0.301 e. The molecule has 0 aliphatic heterocycles. The van der Waals surface area contributed by atoms with Gasteiger partial charge >= 0.3 is 0 Å². The van der Waals surface area contributed by atoms with E-state index in [9.17, 15) is 4.79 Å². The van der Waals surface area contributed by atoms with Gasteiger partial charge < -0.3 is 5.32 Å². The van der Waals surface area contributed by atoms with Crippen LogP contribution in [-0.2, 0) is 10.5 Å². The predicted molar refractivity (Wildman–Crippen MR) is 104 cm³/mol. The van der Waals surface area contributed by atoms with Crippen molar-refractivity contribution in [3.05, 3.63) is 70.6 Å². The zero-order valence-corrected chi connectivity index (χ0v) is 15.1. The van der Waals surface area contributed by atoms with Crippen molar-refractivity contribution in [3.8, 4) is 11.3 Å². The van der Waals surface area contributed by atoms with Crippen LogP contribution in [0.4, 0.5) is 5.13 Å². The molecule has 0 radical (unpaired) electrons. The molecule has 1 heterocycles. The summed E-state index contributed by atoms with van der Waals surface area (Å²) in [6.45, 7) is 0. The lowest BCUT2D eigenvalue weighted by molar-refractivity contribution is -0.113. The Morgan fingerprint density at radius 1 is 1.12 bits per heavy atom. The predicted octanol–water partition coefficient (Wildman–Crippen LogP) is 5.34. The maximum Gasteiger partial charge on any atom is 0.236 e. The molecule has 0 bridgehead atoms. The van der Waals surface area contributed by atoms with Crippen LogP contribution < -0.4 is 5.32 Å². The molecule has 3 rings (SSSR count). The van der Waals surface area contributed by atoms with Gasteiger partial charge in [-0.2, -0.15) is 0 Å². The van der Waals surface area contributed by atoms with E-state index in [2.05, 4.69) is 22.4 Å². The molecule has 1 N–H and O–H groups in total. The number of nitrogens with zero attached hydrogens (tertiary/aromatic N) is 1. The summed E-state index contributed by atoms with van der Waals surface area (Å²) in [6, 6.07) is 17.6. The van der Waals surface area contributed by atoms with Crippen LogP contribution in [0.15, 0.2) is 60.0 Å². The highest BCUT2D eigenvalue weighted by Crippen LogP contribution is 2.30. The van der Waals surface area contributed by atoms with E-state index in [1.54, 1.807) is 11.8 Å². The Labute approximate surface area is 154 Å². The first kappa shape index (κ1) is 17.0. The number of benzene rings is 2. The average Bonchev–Trinajstić information content (AvgIpc) is 3.04. The van der Waals surface area contributed by atoms with E-state index in [0.29, 0.717) is 15.9 Å². The second-order valence-electron chi connectivity index (χ2n) is 5.04. The van der Waals surface area contributed by atoms with Gasteiger partial charge in [-0.3, -0.25) is 4.79 Å². The van der Waals surface area contributed by atoms with Gasteiger partial charge in [0, 0.05) is 21.7 Å². The van der Waals surface area contributed by atoms with Gasteiger partial charge in [0.15, 0.2) is 5.13 Å². The van der Waals surface area contributed by atoms with E-state index in [-0.39, 0.29) is 5.91 Å². The zero-order chi connectivity index (χ0) is 16.8. The molecule has 3 aromatic rings. The molecule has 1 amide bonds. The van der Waals surface area contributed by atoms with E-state index in [4.69, 9.17) is 11.6 Å². The number of hydrogen-bond donors (Lipinski definition) is 1. The van der Waals surface area contributed by atoms with E-state index in [0.717, 1.165) is 17.0 Å². The minimum atomic E-state index is -0.0454. The minimum absolute atomic E-state index is 0.0454. The normalized spacial score (nSPS) is 10.5. The average molecular weight is 375 g/mol. The zero-order valence-electron chi connectivity index (χ0n) is 12.7. The summed E-state index contributed by atoms with van der Waals surface area (Å²) in [4.78, 5) is 16.5. The first-order chi connectivity index (χ1) is 11.7. The first-order valence-electron chi connectivity index (χ1n) is 7.34. The van der Waals surface area contributed by atoms with E-state index in [1.165, 1.54) is 16.9 Å². The van der Waals surface area contributed by atoms with Crippen molar-refractivity contribution in [1.82, 2.24) is 4.98 Å². The molecule has 1 aromatic heterocycles. The molecule has 3 nitrogen and oxygen atoms in total. The van der Waals surface area contributed by atoms with Gasteiger partial charge in [0.1, 0.15) is 0 Å². The Balaban J connectivity index is 1.53. The van der Waals surface area contributed by atoms with Crippen LogP contribution in [0.1, 0.15) is 5.56 Å². The van der Waals surface area contributed by atoms with Crippen molar-refractivity contribution in [3.63, 3.8) is 0 Å². The highest BCUT2D eigenvalue weighted by Gasteiger charge is 2.10. The van der Waals surface area contributed by atoms with Gasteiger partial charge in [-0.15, -0.1) is 23.1 Å². The van der Waals surface area contributed by atoms with E-state index in [1.807, 2.05) is 47.8 Å². The molecule has 122 valence electrons. The van der Waals surface area contributed by atoms with Gasteiger partial charge in [0.25, 0.3) is 0 Å². The molecule has 0 atom stereocenters. The fourth-order valence-corrected chi connectivity index (χ4v) is 3.86. The second-order valence-corrected chi connectivity index (χ2v) is 7.30. The fraction of sp³-hybridized carbons (Fsp3) is 0.111. The lowest BCUT2D eigenvalue weighted by atomic mass is 10.2. The van der Waals surface area contributed by atoms with Crippen LogP contribution in [-0.4, -0.2) is 16.6 Å². The standard InChI is InChI=1S/C18H15ClN2OS2/c19-15-9-5-4-8-14(15)16-11-24-18(20-16)21-17(22)12-23-10-13-6-2-1-3-7-13/h1-9,11H,10,12H2,(H,20,21,22). The molecule has 0 saturated heterocycles. The van der Waals surface area contributed by atoms with Crippen LogP contribution in [0.2, 0.25) is 5.02 Å². The molecule has 6 heteroatoms. The number of nitrogens with one attached hydrogen (secondary N) is 1. The summed E-state index contributed by atoms with van der Waals surface area (Å²) >= 11 is 9.16. The number of thioether (sulfide) groups is 1. The molecule has 0 fully saturated rings. The summed E-state index contributed by atoms with van der Waals surface area (Å²) in [5, 5.41) is 5.98. The number of anilines is 1. The van der Waals surface area contributed by atoms with Gasteiger partial charge in [-0.1, -0.05) is 60.1 Å². The highest BCUT2D eigenvalue weighted by atomic mass is 35.5. The Morgan fingerprint density at radius 2 is 1.88 bits per heavy atom. The topological polar surface area (TPSA) is 42.0 Å². The smallest absolute Gasteiger partial charge is 0.236 e. The summed E-state index contributed by atoms with van der Waals surface area (Å²) in [6.07, 6.45) is 0. The number of thiazole rings is 1. The maximum atomic E-state index is 12.0. The number of aromatic nitrogens is 1. The number of carbonyl (C=O) groups excluding carboxylic acids is 1. The molecule has 0 spiro atoms. The van der Waals surface area contributed by atoms with Gasteiger partial charge in [-0.05, 0) is 11.6 Å². The Hall–Kier alpha value is -1.82. The molecule has 0 aliphatic rings. The van der Waals surface area contributed by atoms with Crippen LogP contribution in [0.25, 0.3) is 11.3 Å². The lowest BCUT2D eigenvalue weighted by Crippen LogP contribution is -2.13. The molecular weight excluding hydrogens is 360 g/mol. The first-order valence-corrected chi connectivity index (χ1v) is 9.75. The summed E-state index contributed by atoms with van der Waals surface area (Å²) in [7, 11) is 0. The number of halogens is 1. The second kappa shape index (κ2) is 8.33. The van der Waals surface area contributed by atoms with Gasteiger partial charge in [0.2, 0.25) is 5.91 Å². The Bertz CT molecular complexity index is 821. The highest BCUT2D eigenvalue weighted by molar-refractivity contribution is 7.99. The summed E-state index contributed by atoms with van der Waals surface area (Å²) in [5.41, 5.74) is 2.86. The maximum absolute atomic E-state index is 12.0. The monoisotopic (exact) mass is 374 g/mol. The van der Waals surface area contributed by atoms with Gasteiger partial charge in [0.05, 0.1) is 11.4 Å². The van der Waals surface area contributed by atoms with Crippen LogP contribution in [0.3, 0.4) is 0 Å². The van der Waals surface area contributed by atoms with Crippen LogP contribution in [0, 0.1) is 0 Å². The van der Waals surface area contributed by atoms with Crippen molar-refractivity contribution in [1.29, 1.82) is 0 Å². The molecule has 2 aromatic carbocycles. The van der Waals surface area contributed by atoms with Crippen LogP contribution >= 0.6 is 34.7 Å². The third-order valence-electron chi connectivity index (χ3n) is 3.25. The number of hydrogen-bond acceptors (Lipinski definition) is 4. The van der Waals surface area contributed by atoms with Crippen molar-refractivity contribution < 1.29 is 4.79 Å². The Morgan fingerprint density at radius 3 is 2.67 bits per heavy atom. The number of amides is 1. The molecule has 24 heavy (non-hydrogen) atoms. The molecular formula is C18H15ClN2OS2. The van der Waals surface area contributed by atoms with E-state index < -0.39 is 0 Å². The van der Waals surface area contributed by atoms with E-state index >= 15 is 0 Å². The van der Waals surface area contributed by atoms with Crippen molar-refractivity contribution in [2.75, 3.05) is 11.1 Å². The number of rotatable bonds is 6. The summed E-state index contributed by atoms with van der Waals surface area (Å²) in [5.74, 6) is 1.17. The third kappa shape index (κ3) is 4.60. The van der Waals surface area contributed by atoms with Crippen LogP contribution in [0.5, 0.6) is 0 Å². The molecule has 0 saturated carbocycles.